The van der Waals surface area contributed by atoms with E-state index in [2.05, 4.69) is 13.8 Å². The van der Waals surface area contributed by atoms with Crippen molar-refractivity contribution < 1.29 is 14.4 Å². The van der Waals surface area contributed by atoms with Gasteiger partial charge in [0.15, 0.2) is 0 Å². The maximum absolute atomic E-state index is 10.5. The Labute approximate surface area is 110 Å². The first-order valence-corrected chi connectivity index (χ1v) is 6.01. The van der Waals surface area contributed by atoms with Crippen LogP contribution in [0, 0.1) is 10.1 Å². The SMILES string of the molecule is CC(C)c1ccc(C(O)c2ccc([N+](=O)[O-])o2)cc1. The molecule has 0 fully saturated rings. The average molecular weight is 261 g/mol. The van der Waals surface area contributed by atoms with Crippen molar-refractivity contribution in [3.05, 3.63) is 63.4 Å². The molecule has 100 valence electrons. The molecule has 0 radical (unpaired) electrons. The summed E-state index contributed by atoms with van der Waals surface area (Å²) in [7, 11) is 0. The fourth-order valence-corrected chi connectivity index (χ4v) is 1.81. The van der Waals surface area contributed by atoms with Gasteiger partial charge in [-0.3, -0.25) is 10.1 Å². The summed E-state index contributed by atoms with van der Waals surface area (Å²) in [4.78, 5) is 9.90. The van der Waals surface area contributed by atoms with E-state index in [1.807, 2.05) is 12.1 Å². The first-order valence-electron chi connectivity index (χ1n) is 6.01. The molecule has 1 atom stereocenters. The summed E-state index contributed by atoms with van der Waals surface area (Å²) in [6.07, 6.45) is -0.991. The fourth-order valence-electron chi connectivity index (χ4n) is 1.81. The molecule has 0 spiro atoms. The van der Waals surface area contributed by atoms with Crippen molar-refractivity contribution in [1.82, 2.24) is 0 Å². The Hall–Kier alpha value is -2.14. The quantitative estimate of drug-likeness (QED) is 0.676. The van der Waals surface area contributed by atoms with Crippen LogP contribution >= 0.6 is 0 Å². The third-order valence-electron chi connectivity index (χ3n) is 2.98. The molecular formula is C14H15NO4. The van der Waals surface area contributed by atoms with Gasteiger partial charge < -0.3 is 9.52 Å². The van der Waals surface area contributed by atoms with E-state index in [4.69, 9.17) is 4.42 Å². The summed E-state index contributed by atoms with van der Waals surface area (Å²) in [5, 5.41) is 20.6. The fraction of sp³-hybridized carbons (Fsp3) is 0.286. The summed E-state index contributed by atoms with van der Waals surface area (Å²) in [6, 6.07) is 10.1. The van der Waals surface area contributed by atoms with Gasteiger partial charge in [-0.05, 0) is 23.1 Å². The number of aliphatic hydroxyl groups is 1. The number of nitro groups is 1. The molecule has 0 aliphatic rings. The van der Waals surface area contributed by atoms with Gasteiger partial charge in [0.2, 0.25) is 0 Å². The number of aliphatic hydroxyl groups excluding tert-OH is 1. The number of hydrogen-bond acceptors (Lipinski definition) is 4. The Morgan fingerprint density at radius 3 is 2.16 bits per heavy atom. The summed E-state index contributed by atoms with van der Waals surface area (Å²) in [5.74, 6) is 0.216. The van der Waals surface area contributed by atoms with E-state index < -0.39 is 11.0 Å². The molecule has 2 rings (SSSR count). The van der Waals surface area contributed by atoms with Crippen molar-refractivity contribution in [2.45, 2.75) is 25.9 Å². The lowest BCUT2D eigenvalue weighted by molar-refractivity contribution is -0.402. The molecule has 1 unspecified atom stereocenters. The van der Waals surface area contributed by atoms with Crippen LogP contribution in [-0.4, -0.2) is 10.0 Å². The molecule has 5 nitrogen and oxygen atoms in total. The molecule has 0 bridgehead atoms. The minimum atomic E-state index is -0.991. The van der Waals surface area contributed by atoms with E-state index in [1.54, 1.807) is 12.1 Å². The van der Waals surface area contributed by atoms with Crippen LogP contribution in [0.1, 0.15) is 42.8 Å². The molecule has 1 N–H and O–H groups in total. The van der Waals surface area contributed by atoms with Crippen molar-refractivity contribution >= 4 is 5.88 Å². The predicted octanol–water partition coefficient (Wildman–Crippen LogP) is 3.39. The minimum absolute atomic E-state index is 0.170. The first kappa shape index (κ1) is 13.3. The third-order valence-corrected chi connectivity index (χ3v) is 2.98. The zero-order valence-electron chi connectivity index (χ0n) is 10.7. The van der Waals surface area contributed by atoms with E-state index in [0.717, 1.165) is 0 Å². The first-order chi connectivity index (χ1) is 8.99. The molecule has 1 heterocycles. The van der Waals surface area contributed by atoms with Crippen LogP contribution < -0.4 is 0 Å². The Bertz CT molecular complexity index is 571. The van der Waals surface area contributed by atoms with Crippen molar-refractivity contribution in [1.29, 1.82) is 0 Å². The molecule has 0 aliphatic heterocycles. The summed E-state index contributed by atoms with van der Waals surface area (Å²) >= 11 is 0. The van der Waals surface area contributed by atoms with Crippen LogP contribution in [0.25, 0.3) is 0 Å². The van der Waals surface area contributed by atoms with Crippen LogP contribution in [0.4, 0.5) is 5.88 Å². The van der Waals surface area contributed by atoms with Crippen LogP contribution in [0.15, 0.2) is 40.8 Å². The van der Waals surface area contributed by atoms with Crippen molar-refractivity contribution in [3.8, 4) is 0 Å². The number of nitrogens with zero attached hydrogens (tertiary/aromatic N) is 1. The Morgan fingerprint density at radius 2 is 1.68 bits per heavy atom. The normalized spacial score (nSPS) is 12.6. The number of hydrogen-bond donors (Lipinski definition) is 1. The molecule has 5 heteroatoms. The van der Waals surface area contributed by atoms with E-state index in [-0.39, 0.29) is 11.6 Å². The second-order valence-corrected chi connectivity index (χ2v) is 4.66. The smallest absolute Gasteiger partial charge is 0.403 e. The van der Waals surface area contributed by atoms with Crippen LogP contribution in [0.3, 0.4) is 0 Å². The van der Waals surface area contributed by atoms with Gasteiger partial charge in [0.1, 0.15) is 16.8 Å². The topological polar surface area (TPSA) is 76.5 Å². The van der Waals surface area contributed by atoms with E-state index in [0.29, 0.717) is 11.5 Å². The summed E-state index contributed by atoms with van der Waals surface area (Å²) in [5.41, 5.74) is 1.81. The Morgan fingerprint density at radius 1 is 1.11 bits per heavy atom. The largest absolute Gasteiger partial charge is 0.433 e. The lowest BCUT2D eigenvalue weighted by Crippen LogP contribution is -1.98. The van der Waals surface area contributed by atoms with Crippen molar-refractivity contribution in [2.24, 2.45) is 0 Å². The van der Waals surface area contributed by atoms with Gasteiger partial charge in [-0.15, -0.1) is 0 Å². The van der Waals surface area contributed by atoms with Gasteiger partial charge in [-0.1, -0.05) is 38.1 Å². The minimum Gasteiger partial charge on any atom is -0.403 e. The molecule has 19 heavy (non-hydrogen) atoms. The lowest BCUT2D eigenvalue weighted by Gasteiger charge is -2.10. The highest BCUT2D eigenvalue weighted by atomic mass is 16.6. The highest BCUT2D eigenvalue weighted by molar-refractivity contribution is 5.31. The third kappa shape index (κ3) is 2.82. The van der Waals surface area contributed by atoms with Gasteiger partial charge in [0.25, 0.3) is 0 Å². The molecule has 0 saturated carbocycles. The second kappa shape index (κ2) is 5.24. The summed E-state index contributed by atoms with van der Waals surface area (Å²) < 4.78 is 4.99. The number of rotatable bonds is 4. The van der Waals surface area contributed by atoms with Gasteiger partial charge in [0, 0.05) is 0 Å². The second-order valence-electron chi connectivity index (χ2n) is 4.66. The van der Waals surface area contributed by atoms with E-state index in [9.17, 15) is 15.2 Å². The zero-order valence-corrected chi connectivity index (χ0v) is 10.7. The van der Waals surface area contributed by atoms with Gasteiger partial charge in [0.05, 0.1) is 6.07 Å². The lowest BCUT2D eigenvalue weighted by atomic mass is 9.99. The Kier molecular flexibility index (Phi) is 3.66. The van der Waals surface area contributed by atoms with Crippen LogP contribution in [0.5, 0.6) is 0 Å². The molecule has 1 aromatic heterocycles. The van der Waals surface area contributed by atoms with Gasteiger partial charge in [-0.2, -0.15) is 0 Å². The molecule has 0 saturated heterocycles. The van der Waals surface area contributed by atoms with E-state index >= 15 is 0 Å². The van der Waals surface area contributed by atoms with Crippen LogP contribution in [-0.2, 0) is 0 Å². The molecule has 0 aliphatic carbocycles. The van der Waals surface area contributed by atoms with Crippen molar-refractivity contribution in [3.63, 3.8) is 0 Å². The zero-order chi connectivity index (χ0) is 14.0. The van der Waals surface area contributed by atoms with Gasteiger partial charge in [-0.25, -0.2) is 0 Å². The number of furan rings is 1. The molecule has 2 aromatic rings. The highest BCUT2D eigenvalue weighted by Crippen LogP contribution is 2.27. The van der Waals surface area contributed by atoms with Crippen molar-refractivity contribution in [2.75, 3.05) is 0 Å². The highest BCUT2D eigenvalue weighted by Gasteiger charge is 2.19. The molecule has 0 amide bonds. The number of benzene rings is 1. The monoisotopic (exact) mass is 261 g/mol. The maximum Gasteiger partial charge on any atom is 0.433 e. The predicted molar refractivity (Wildman–Crippen MR) is 70.0 cm³/mol. The average Bonchev–Trinajstić information content (AvgIpc) is 2.87. The Balaban J connectivity index is 2.22. The standard InChI is InChI=1S/C14H15NO4/c1-9(2)10-3-5-11(6-4-10)14(16)12-7-8-13(19-12)15(17)18/h3-9,14,16H,1-2H3. The maximum atomic E-state index is 10.5. The molecule has 1 aromatic carbocycles. The van der Waals surface area contributed by atoms with Crippen LogP contribution in [0.2, 0.25) is 0 Å². The van der Waals surface area contributed by atoms with Gasteiger partial charge >= 0.3 is 5.88 Å². The summed E-state index contributed by atoms with van der Waals surface area (Å²) in [6.45, 7) is 4.17. The van der Waals surface area contributed by atoms with E-state index in [1.165, 1.54) is 17.7 Å². The molecular weight excluding hydrogens is 246 g/mol.